The molecule has 1 unspecified atom stereocenters. The molecular weight excluding hydrogens is 333 g/mol. The van der Waals surface area contributed by atoms with E-state index in [1.807, 2.05) is 30.3 Å². The maximum atomic E-state index is 14.0. The Labute approximate surface area is 147 Å². The van der Waals surface area contributed by atoms with Gasteiger partial charge in [0, 0.05) is 0 Å². The van der Waals surface area contributed by atoms with Crippen molar-refractivity contribution >= 4 is 18.4 Å². The Bertz CT molecular complexity index is 639. The molecule has 0 aliphatic carbocycles. The van der Waals surface area contributed by atoms with Crippen LogP contribution in [-0.4, -0.2) is 18.7 Å². The zero-order valence-corrected chi connectivity index (χ0v) is 14.2. The van der Waals surface area contributed by atoms with Crippen molar-refractivity contribution in [2.45, 2.75) is 25.7 Å². The lowest BCUT2D eigenvalue weighted by atomic mass is 10.0. The molecule has 0 saturated carbocycles. The number of benzene rings is 2. The van der Waals surface area contributed by atoms with Crippen LogP contribution in [0.25, 0.3) is 0 Å². The molecule has 0 spiro atoms. The molecule has 0 fully saturated rings. The van der Waals surface area contributed by atoms with E-state index >= 15 is 0 Å². The number of nitrogens with two attached hydrogens (primary N) is 1. The Morgan fingerprint density at radius 1 is 1.17 bits per heavy atom. The van der Waals surface area contributed by atoms with Crippen LogP contribution in [0.1, 0.15) is 24.1 Å². The van der Waals surface area contributed by atoms with Gasteiger partial charge in [-0.25, -0.2) is 9.18 Å². The molecule has 0 saturated heterocycles. The summed E-state index contributed by atoms with van der Waals surface area (Å²) >= 11 is 0. The summed E-state index contributed by atoms with van der Waals surface area (Å²) in [6, 6.07) is 15.4. The van der Waals surface area contributed by atoms with Gasteiger partial charge in [-0.3, -0.25) is 0 Å². The average Bonchev–Trinajstić information content (AvgIpc) is 2.60. The van der Waals surface area contributed by atoms with Crippen molar-refractivity contribution in [1.29, 1.82) is 0 Å². The fourth-order valence-corrected chi connectivity index (χ4v) is 2.09. The topological polar surface area (TPSA) is 61.5 Å². The van der Waals surface area contributed by atoms with Gasteiger partial charge in [-0.15, -0.1) is 12.4 Å². The normalized spacial score (nSPS) is 12.6. The molecule has 0 aliphatic heterocycles. The monoisotopic (exact) mass is 353 g/mol. The number of esters is 1. The summed E-state index contributed by atoms with van der Waals surface area (Å²) in [6.07, 6.45) is -1.90. The van der Waals surface area contributed by atoms with Crippen LogP contribution in [0.3, 0.4) is 0 Å². The van der Waals surface area contributed by atoms with Crippen LogP contribution in [0.2, 0.25) is 0 Å². The molecule has 0 radical (unpaired) electrons. The van der Waals surface area contributed by atoms with Gasteiger partial charge in [0.1, 0.15) is 12.4 Å². The van der Waals surface area contributed by atoms with Crippen LogP contribution in [0.5, 0.6) is 5.75 Å². The summed E-state index contributed by atoms with van der Waals surface area (Å²) in [4.78, 5) is 11.4. The molecule has 0 aliphatic rings. The lowest BCUT2D eigenvalue weighted by molar-refractivity contribution is -0.149. The van der Waals surface area contributed by atoms with Crippen LogP contribution < -0.4 is 10.5 Å². The summed E-state index contributed by atoms with van der Waals surface area (Å²) in [5, 5.41) is 0. The first-order valence-corrected chi connectivity index (χ1v) is 7.44. The first kappa shape index (κ1) is 19.9. The Balaban J connectivity index is 0.00000288. The SMILES string of the molecule is CCOC(=O)C(F)[C@H](N)c1cccc(OCc2ccccc2)c1.Cl. The molecule has 0 amide bonds. The van der Waals surface area contributed by atoms with Gasteiger partial charge < -0.3 is 15.2 Å². The second-order valence-corrected chi connectivity index (χ2v) is 5.03. The standard InChI is InChI=1S/C18H20FNO3.ClH/c1-2-22-18(21)16(19)17(20)14-9-6-10-15(11-14)23-12-13-7-4-3-5-8-13;/h3-11,16-17H,2,12,20H2,1H3;1H/t16?,17-;/m1./s1. The third kappa shape index (κ3) is 5.51. The third-order valence-electron chi connectivity index (χ3n) is 3.32. The van der Waals surface area contributed by atoms with Gasteiger partial charge in [0.15, 0.2) is 0 Å². The van der Waals surface area contributed by atoms with Crippen molar-refractivity contribution in [3.8, 4) is 5.75 Å². The van der Waals surface area contributed by atoms with Crippen LogP contribution in [-0.2, 0) is 16.1 Å². The molecule has 0 heterocycles. The molecule has 2 rings (SSSR count). The lowest BCUT2D eigenvalue weighted by Crippen LogP contribution is -2.31. The van der Waals surface area contributed by atoms with Crippen LogP contribution in [0, 0.1) is 0 Å². The van der Waals surface area contributed by atoms with Crippen molar-refractivity contribution in [2.24, 2.45) is 5.73 Å². The summed E-state index contributed by atoms with van der Waals surface area (Å²) in [7, 11) is 0. The van der Waals surface area contributed by atoms with Crippen molar-refractivity contribution in [3.63, 3.8) is 0 Å². The molecular formula is C18H21ClFNO3. The van der Waals surface area contributed by atoms with Gasteiger partial charge in [0.2, 0.25) is 6.17 Å². The molecule has 130 valence electrons. The summed E-state index contributed by atoms with van der Waals surface area (Å²) in [6.45, 7) is 2.14. The number of carbonyl (C=O) groups excluding carboxylic acids is 1. The minimum Gasteiger partial charge on any atom is -0.489 e. The second kappa shape index (κ2) is 9.90. The average molecular weight is 354 g/mol. The van der Waals surface area contributed by atoms with Crippen molar-refractivity contribution in [3.05, 3.63) is 65.7 Å². The quantitative estimate of drug-likeness (QED) is 0.773. The van der Waals surface area contributed by atoms with Gasteiger partial charge in [-0.1, -0.05) is 42.5 Å². The second-order valence-electron chi connectivity index (χ2n) is 5.03. The Kier molecular flexibility index (Phi) is 8.22. The number of ether oxygens (including phenoxy) is 2. The first-order valence-electron chi connectivity index (χ1n) is 7.44. The van der Waals surface area contributed by atoms with Crippen molar-refractivity contribution < 1.29 is 18.7 Å². The van der Waals surface area contributed by atoms with E-state index in [-0.39, 0.29) is 19.0 Å². The lowest BCUT2D eigenvalue weighted by Gasteiger charge is -2.17. The van der Waals surface area contributed by atoms with Crippen molar-refractivity contribution in [1.82, 2.24) is 0 Å². The van der Waals surface area contributed by atoms with Crippen molar-refractivity contribution in [2.75, 3.05) is 6.61 Å². The molecule has 0 bridgehead atoms. The van der Waals surface area contributed by atoms with E-state index in [1.54, 1.807) is 31.2 Å². The third-order valence-corrected chi connectivity index (χ3v) is 3.32. The number of carbonyl (C=O) groups is 1. The van der Waals surface area contributed by atoms with Gasteiger partial charge in [0.05, 0.1) is 12.6 Å². The smallest absolute Gasteiger partial charge is 0.342 e. The maximum Gasteiger partial charge on any atom is 0.342 e. The van der Waals surface area contributed by atoms with Gasteiger partial charge in [0.25, 0.3) is 0 Å². The Morgan fingerprint density at radius 3 is 2.54 bits per heavy atom. The largest absolute Gasteiger partial charge is 0.489 e. The summed E-state index contributed by atoms with van der Waals surface area (Å²) in [5.41, 5.74) is 7.32. The number of alkyl halides is 1. The van der Waals surface area contributed by atoms with Crippen LogP contribution >= 0.6 is 12.4 Å². The molecule has 2 N–H and O–H groups in total. The predicted octanol–water partition coefficient (Wildman–Crippen LogP) is 3.59. The minimum absolute atomic E-state index is 0. The fraction of sp³-hybridized carbons (Fsp3) is 0.278. The van der Waals surface area contributed by atoms with Gasteiger partial charge >= 0.3 is 5.97 Å². The van der Waals surface area contributed by atoms with E-state index in [4.69, 9.17) is 10.5 Å². The van der Waals surface area contributed by atoms with E-state index in [1.165, 1.54) is 0 Å². The minimum atomic E-state index is -1.90. The number of halogens is 2. The Morgan fingerprint density at radius 2 is 1.88 bits per heavy atom. The highest BCUT2D eigenvalue weighted by Gasteiger charge is 2.27. The van der Waals surface area contributed by atoms with E-state index < -0.39 is 18.2 Å². The first-order chi connectivity index (χ1) is 11.1. The zero-order chi connectivity index (χ0) is 16.7. The highest BCUT2D eigenvalue weighted by Crippen LogP contribution is 2.23. The molecule has 2 aromatic carbocycles. The van der Waals surface area contributed by atoms with Crippen LogP contribution in [0.4, 0.5) is 4.39 Å². The maximum absolute atomic E-state index is 14.0. The van der Waals surface area contributed by atoms with E-state index in [0.29, 0.717) is 17.9 Å². The van der Waals surface area contributed by atoms with Crippen LogP contribution in [0.15, 0.2) is 54.6 Å². The number of rotatable bonds is 7. The predicted molar refractivity (Wildman–Crippen MR) is 92.9 cm³/mol. The van der Waals surface area contributed by atoms with Gasteiger partial charge in [-0.2, -0.15) is 0 Å². The molecule has 24 heavy (non-hydrogen) atoms. The van der Waals surface area contributed by atoms with E-state index in [0.717, 1.165) is 5.56 Å². The van der Waals surface area contributed by atoms with E-state index in [9.17, 15) is 9.18 Å². The summed E-state index contributed by atoms with van der Waals surface area (Å²) < 4.78 is 24.3. The highest BCUT2D eigenvalue weighted by molar-refractivity contribution is 5.85. The number of hydrogen-bond donors (Lipinski definition) is 1. The van der Waals surface area contributed by atoms with Gasteiger partial charge in [-0.05, 0) is 30.2 Å². The molecule has 2 atom stereocenters. The summed E-state index contributed by atoms with van der Waals surface area (Å²) in [5.74, 6) is -0.381. The highest BCUT2D eigenvalue weighted by atomic mass is 35.5. The zero-order valence-electron chi connectivity index (χ0n) is 13.4. The Hall–Kier alpha value is -2.11. The fourth-order valence-electron chi connectivity index (χ4n) is 2.09. The number of hydrogen-bond acceptors (Lipinski definition) is 4. The molecule has 2 aromatic rings. The molecule has 0 aromatic heterocycles. The molecule has 4 nitrogen and oxygen atoms in total. The molecule has 6 heteroatoms. The van der Waals surface area contributed by atoms with E-state index in [2.05, 4.69) is 4.74 Å².